The Bertz CT molecular complexity index is 614. The topological polar surface area (TPSA) is 0 Å². The summed E-state index contributed by atoms with van der Waals surface area (Å²) in [5.74, 6) is 0. The van der Waals surface area contributed by atoms with Crippen molar-refractivity contribution in [2.75, 3.05) is 0 Å². The summed E-state index contributed by atoms with van der Waals surface area (Å²) < 4.78 is 0. The van der Waals surface area contributed by atoms with Crippen molar-refractivity contribution >= 4 is 0 Å². The van der Waals surface area contributed by atoms with Gasteiger partial charge in [-0.2, -0.15) is 0 Å². The maximum atomic E-state index is 4.18. The van der Waals surface area contributed by atoms with E-state index in [1.54, 1.807) is 0 Å². The summed E-state index contributed by atoms with van der Waals surface area (Å²) in [6.45, 7) is 4.18. The van der Waals surface area contributed by atoms with E-state index in [-0.39, 0.29) is 0 Å². The molecule has 0 nitrogen and oxygen atoms in total. The van der Waals surface area contributed by atoms with Crippen LogP contribution in [-0.2, 0) is 12.8 Å². The van der Waals surface area contributed by atoms with Gasteiger partial charge in [-0.3, -0.25) is 0 Å². The van der Waals surface area contributed by atoms with Gasteiger partial charge in [-0.05, 0) is 40.7 Å². The molecule has 3 rings (SSSR count). The third-order valence-corrected chi connectivity index (χ3v) is 3.72. The van der Waals surface area contributed by atoms with Crippen LogP contribution in [0, 0.1) is 0 Å². The van der Waals surface area contributed by atoms with Crippen LogP contribution in [0.2, 0.25) is 0 Å². The fourth-order valence-corrected chi connectivity index (χ4v) is 2.62. The van der Waals surface area contributed by atoms with Crippen LogP contribution in [0.5, 0.6) is 0 Å². The van der Waals surface area contributed by atoms with Crippen LogP contribution in [0.25, 0.3) is 0 Å². The number of hydrogen-bond donors (Lipinski definition) is 0. The van der Waals surface area contributed by atoms with E-state index >= 15 is 0 Å². The predicted molar refractivity (Wildman–Crippen MR) is 85.6 cm³/mol. The van der Waals surface area contributed by atoms with Gasteiger partial charge < -0.3 is 0 Å². The van der Waals surface area contributed by atoms with Gasteiger partial charge in [0.05, 0.1) is 0 Å². The van der Waals surface area contributed by atoms with Crippen molar-refractivity contribution in [2.24, 2.45) is 0 Å². The van der Waals surface area contributed by atoms with Crippen molar-refractivity contribution in [1.29, 1.82) is 0 Å². The van der Waals surface area contributed by atoms with Gasteiger partial charge in [-0.25, -0.2) is 0 Å². The Labute approximate surface area is 120 Å². The molecule has 0 aliphatic heterocycles. The van der Waals surface area contributed by atoms with Crippen LogP contribution in [0.1, 0.15) is 11.1 Å². The Morgan fingerprint density at radius 1 is 0.650 bits per heavy atom. The summed E-state index contributed by atoms with van der Waals surface area (Å²) in [4.78, 5) is 0. The average Bonchev–Trinajstić information content (AvgIpc) is 2.83. The minimum Gasteiger partial charge on any atom is -0.0915 e. The molecule has 0 bridgehead atoms. The molecule has 1 aliphatic carbocycles. The fraction of sp³-hybridized carbons (Fsp3) is 0.100. The highest BCUT2D eigenvalue weighted by Gasteiger charge is 2.13. The molecular weight excluding hydrogens is 240 g/mol. The molecule has 98 valence electrons. The first-order valence-electron chi connectivity index (χ1n) is 7.00. The predicted octanol–water partition coefficient (Wildman–Crippen LogP) is 4.89. The molecule has 0 heteroatoms. The molecule has 2 aromatic carbocycles. The average molecular weight is 258 g/mol. The lowest BCUT2D eigenvalue weighted by Crippen LogP contribution is -1.96. The zero-order valence-electron chi connectivity index (χ0n) is 11.5. The molecule has 0 unspecified atom stereocenters. The number of benzene rings is 2. The normalized spacial score (nSPS) is 14.1. The molecule has 0 amide bonds. The van der Waals surface area contributed by atoms with Crippen LogP contribution in [0.3, 0.4) is 0 Å². The molecule has 2 aromatic rings. The minimum atomic E-state index is 0.967. The quantitative estimate of drug-likeness (QED) is 0.732. The van der Waals surface area contributed by atoms with Crippen molar-refractivity contribution < 1.29 is 0 Å². The summed E-state index contributed by atoms with van der Waals surface area (Å²) in [6.07, 6.45) is 6.30. The number of allylic oxidation sites excluding steroid dienone is 5. The zero-order valence-corrected chi connectivity index (χ0v) is 11.5. The summed E-state index contributed by atoms with van der Waals surface area (Å²) in [7, 11) is 0. The summed E-state index contributed by atoms with van der Waals surface area (Å²) >= 11 is 0. The second-order valence-corrected chi connectivity index (χ2v) is 5.19. The van der Waals surface area contributed by atoms with Crippen LogP contribution in [0.15, 0.2) is 96.1 Å². The molecule has 0 heterocycles. The third kappa shape index (κ3) is 2.80. The lowest BCUT2D eigenvalue weighted by molar-refractivity contribution is 1.10. The van der Waals surface area contributed by atoms with Crippen LogP contribution in [-0.4, -0.2) is 0 Å². The molecule has 0 saturated heterocycles. The van der Waals surface area contributed by atoms with Gasteiger partial charge in [-0.15, -0.1) is 0 Å². The van der Waals surface area contributed by atoms with Crippen LogP contribution in [0.4, 0.5) is 0 Å². The Kier molecular flexibility index (Phi) is 3.64. The van der Waals surface area contributed by atoms with Gasteiger partial charge in [0.25, 0.3) is 0 Å². The van der Waals surface area contributed by atoms with Gasteiger partial charge in [0.15, 0.2) is 0 Å². The smallest absolute Gasteiger partial charge is 0.00172 e. The van der Waals surface area contributed by atoms with Crippen molar-refractivity contribution in [1.82, 2.24) is 0 Å². The second kappa shape index (κ2) is 5.75. The van der Waals surface area contributed by atoms with Crippen molar-refractivity contribution in [3.8, 4) is 0 Å². The Morgan fingerprint density at radius 3 is 1.80 bits per heavy atom. The maximum absolute atomic E-state index is 4.18. The molecule has 0 N–H and O–H groups in total. The summed E-state index contributed by atoms with van der Waals surface area (Å²) in [5.41, 5.74) is 6.62. The Morgan fingerprint density at radius 2 is 1.20 bits per heavy atom. The standard InChI is InChI=1S/C20H18/c1-16-12-13-19(14-17-8-4-2-5-9-17)20(16)15-18-10-6-3-7-11-18/h2-13H,1,14-15H2. The first kappa shape index (κ1) is 12.7. The highest BCUT2D eigenvalue weighted by molar-refractivity contribution is 5.55. The van der Waals surface area contributed by atoms with Crippen LogP contribution >= 0.6 is 0 Å². The second-order valence-electron chi connectivity index (χ2n) is 5.19. The van der Waals surface area contributed by atoms with Gasteiger partial charge in [0.1, 0.15) is 0 Å². The van der Waals surface area contributed by atoms with Gasteiger partial charge in [0.2, 0.25) is 0 Å². The van der Waals surface area contributed by atoms with E-state index in [0.717, 1.165) is 18.4 Å². The molecular formula is C20H18. The van der Waals surface area contributed by atoms with Crippen LogP contribution < -0.4 is 0 Å². The van der Waals surface area contributed by atoms with Gasteiger partial charge in [0, 0.05) is 0 Å². The molecule has 0 radical (unpaired) electrons. The zero-order chi connectivity index (χ0) is 13.8. The first-order chi connectivity index (χ1) is 9.83. The van der Waals surface area contributed by atoms with E-state index in [4.69, 9.17) is 0 Å². The molecule has 0 saturated carbocycles. The van der Waals surface area contributed by atoms with E-state index in [1.165, 1.54) is 22.3 Å². The highest BCUT2D eigenvalue weighted by atomic mass is 14.2. The SMILES string of the molecule is C=C1C=CC(Cc2ccccc2)=C1Cc1ccccc1. The van der Waals surface area contributed by atoms with E-state index in [2.05, 4.69) is 79.4 Å². The first-order valence-corrected chi connectivity index (χ1v) is 7.00. The maximum Gasteiger partial charge on any atom is -0.00172 e. The van der Waals surface area contributed by atoms with Crippen molar-refractivity contribution in [3.05, 3.63) is 107 Å². The molecule has 0 fully saturated rings. The Balaban J connectivity index is 1.86. The van der Waals surface area contributed by atoms with E-state index in [1.807, 2.05) is 0 Å². The summed E-state index contributed by atoms with van der Waals surface area (Å²) in [6, 6.07) is 21.2. The van der Waals surface area contributed by atoms with E-state index < -0.39 is 0 Å². The molecule has 0 aromatic heterocycles. The van der Waals surface area contributed by atoms with Crippen molar-refractivity contribution in [3.63, 3.8) is 0 Å². The minimum absolute atomic E-state index is 0.967. The largest absolute Gasteiger partial charge is 0.0915 e. The molecule has 0 atom stereocenters. The molecule has 0 spiro atoms. The van der Waals surface area contributed by atoms with Gasteiger partial charge in [-0.1, -0.05) is 79.4 Å². The van der Waals surface area contributed by atoms with Crippen molar-refractivity contribution in [2.45, 2.75) is 12.8 Å². The lowest BCUT2D eigenvalue weighted by atomic mass is 9.95. The van der Waals surface area contributed by atoms with E-state index in [0.29, 0.717) is 0 Å². The number of rotatable bonds is 4. The van der Waals surface area contributed by atoms with E-state index in [9.17, 15) is 0 Å². The fourth-order valence-electron chi connectivity index (χ4n) is 2.62. The highest BCUT2D eigenvalue weighted by Crippen LogP contribution is 2.29. The van der Waals surface area contributed by atoms with Gasteiger partial charge >= 0.3 is 0 Å². The number of hydrogen-bond acceptors (Lipinski definition) is 0. The lowest BCUT2D eigenvalue weighted by Gasteiger charge is -2.09. The molecule has 1 aliphatic rings. The Hall–Kier alpha value is -2.34. The molecule has 20 heavy (non-hydrogen) atoms. The summed E-state index contributed by atoms with van der Waals surface area (Å²) in [5, 5.41) is 0. The third-order valence-electron chi connectivity index (χ3n) is 3.72. The monoisotopic (exact) mass is 258 g/mol.